The van der Waals surface area contributed by atoms with Gasteiger partial charge in [0.25, 0.3) is 5.91 Å². The number of hydrogen-bond donors (Lipinski definition) is 3. The average molecular weight is 409 g/mol. The van der Waals surface area contributed by atoms with Gasteiger partial charge in [-0.3, -0.25) is 9.78 Å². The number of amides is 1. The minimum Gasteiger partial charge on any atom is -0.482 e. The van der Waals surface area contributed by atoms with E-state index < -0.39 is 0 Å². The van der Waals surface area contributed by atoms with Crippen molar-refractivity contribution in [2.75, 3.05) is 43.6 Å². The van der Waals surface area contributed by atoms with Crippen molar-refractivity contribution in [3.05, 3.63) is 42.2 Å². The van der Waals surface area contributed by atoms with E-state index in [4.69, 9.17) is 20.3 Å². The summed E-state index contributed by atoms with van der Waals surface area (Å²) in [4.78, 5) is 25.9. The molecule has 30 heavy (non-hydrogen) atoms. The number of benzene rings is 1. The summed E-state index contributed by atoms with van der Waals surface area (Å²) in [5.74, 6) is 0.762. The van der Waals surface area contributed by atoms with Crippen LogP contribution in [0.25, 0.3) is 22.5 Å². The molecular weight excluding hydrogens is 386 g/mol. The van der Waals surface area contributed by atoms with Gasteiger partial charge >= 0.3 is 0 Å². The van der Waals surface area contributed by atoms with Crippen LogP contribution in [-0.2, 0) is 9.53 Å². The third-order valence-corrected chi connectivity index (χ3v) is 4.78. The lowest BCUT2D eigenvalue weighted by atomic mass is 10.0. The molecule has 1 aliphatic rings. The third-order valence-electron chi connectivity index (χ3n) is 4.78. The molecule has 0 saturated carbocycles. The number of nitrogens with one attached hydrogen (secondary N) is 1. The minimum atomic E-state index is -0.154. The Morgan fingerprint density at radius 3 is 2.93 bits per heavy atom. The normalized spacial score (nSPS) is 13.3. The molecule has 0 aliphatic carbocycles. The highest BCUT2D eigenvalue weighted by Gasteiger charge is 2.26. The molecule has 0 unspecified atom stereocenters. The molecule has 3 aromatic rings. The molecule has 4 rings (SSSR count). The second-order valence-corrected chi connectivity index (χ2v) is 6.88. The van der Waals surface area contributed by atoms with Crippen molar-refractivity contribution in [2.24, 2.45) is 0 Å². The molecule has 0 atom stereocenters. The zero-order chi connectivity index (χ0) is 21.1. The largest absolute Gasteiger partial charge is 0.482 e. The Kier molecular flexibility index (Phi) is 5.64. The number of carbonyl (C=O) groups is 1. The quantitative estimate of drug-likeness (QED) is 0.508. The number of nitrogens with two attached hydrogens (primary N) is 1. The minimum absolute atomic E-state index is 0.0246. The van der Waals surface area contributed by atoms with Gasteiger partial charge in [-0.05, 0) is 37.3 Å². The number of aromatic amines is 1. The van der Waals surface area contributed by atoms with Crippen LogP contribution in [0.15, 0.2) is 36.5 Å². The topological polar surface area (TPSA) is 127 Å². The summed E-state index contributed by atoms with van der Waals surface area (Å²) in [7, 11) is 0. The van der Waals surface area contributed by atoms with Crippen molar-refractivity contribution in [3.8, 4) is 28.3 Å². The van der Waals surface area contributed by atoms with Crippen LogP contribution in [0.1, 0.15) is 5.69 Å². The highest BCUT2D eigenvalue weighted by Crippen LogP contribution is 2.38. The molecule has 156 valence electrons. The second-order valence-electron chi connectivity index (χ2n) is 6.88. The molecule has 3 heterocycles. The van der Waals surface area contributed by atoms with E-state index in [1.165, 1.54) is 0 Å². The van der Waals surface area contributed by atoms with E-state index in [0.29, 0.717) is 36.2 Å². The van der Waals surface area contributed by atoms with E-state index in [2.05, 4.69) is 15.0 Å². The molecule has 0 bridgehead atoms. The van der Waals surface area contributed by atoms with Crippen molar-refractivity contribution >= 4 is 17.5 Å². The number of ether oxygens (including phenoxy) is 2. The van der Waals surface area contributed by atoms with E-state index in [0.717, 1.165) is 22.5 Å². The molecule has 9 heteroatoms. The number of aliphatic hydroxyl groups is 1. The van der Waals surface area contributed by atoms with Gasteiger partial charge in [-0.1, -0.05) is 0 Å². The number of aliphatic hydroxyl groups excluding tert-OH is 1. The second kappa shape index (κ2) is 8.52. The number of nitrogen functional groups attached to an aromatic ring is 1. The molecule has 1 aliphatic heterocycles. The van der Waals surface area contributed by atoms with Crippen molar-refractivity contribution in [1.29, 1.82) is 0 Å². The first-order chi connectivity index (χ1) is 14.6. The summed E-state index contributed by atoms with van der Waals surface area (Å²) in [6.07, 6.45) is 1.74. The zero-order valence-corrected chi connectivity index (χ0v) is 16.6. The van der Waals surface area contributed by atoms with Gasteiger partial charge < -0.3 is 30.2 Å². The van der Waals surface area contributed by atoms with E-state index in [1.807, 2.05) is 37.3 Å². The van der Waals surface area contributed by atoms with E-state index in [-0.39, 0.29) is 25.7 Å². The molecule has 0 radical (unpaired) electrons. The Balaban J connectivity index is 1.71. The Labute approximate surface area is 173 Å². The number of imidazole rings is 1. The fraction of sp³-hybridized carbons (Fsp3) is 0.286. The van der Waals surface area contributed by atoms with Gasteiger partial charge in [-0.25, -0.2) is 4.98 Å². The highest BCUT2D eigenvalue weighted by molar-refractivity contribution is 5.99. The van der Waals surface area contributed by atoms with Crippen molar-refractivity contribution in [3.63, 3.8) is 0 Å². The lowest BCUT2D eigenvalue weighted by Gasteiger charge is -2.29. The molecular formula is C21H23N5O4. The fourth-order valence-corrected chi connectivity index (χ4v) is 3.43. The zero-order valence-electron chi connectivity index (χ0n) is 16.6. The number of anilines is 2. The molecule has 0 spiro atoms. The standard InChI is InChI=1S/C21H23N5O4/c1-13-10-15(4-5-23-13)20-19(24-21(22)25-20)14-2-3-17-16(11-14)26(18(28)12-30-17)6-8-29-9-7-27/h2-5,10-11,27H,6-9,12H2,1H3,(H3,22,24,25). The van der Waals surface area contributed by atoms with Crippen LogP contribution in [0.4, 0.5) is 11.6 Å². The first-order valence-electron chi connectivity index (χ1n) is 9.61. The van der Waals surface area contributed by atoms with Gasteiger partial charge in [0.05, 0.1) is 36.9 Å². The van der Waals surface area contributed by atoms with Crippen LogP contribution in [-0.4, -0.2) is 58.9 Å². The Morgan fingerprint density at radius 2 is 2.13 bits per heavy atom. The highest BCUT2D eigenvalue weighted by atomic mass is 16.5. The number of rotatable bonds is 7. The van der Waals surface area contributed by atoms with Crippen LogP contribution in [0.3, 0.4) is 0 Å². The summed E-state index contributed by atoms with van der Waals surface area (Å²) < 4.78 is 10.9. The molecule has 9 nitrogen and oxygen atoms in total. The number of H-pyrrole nitrogens is 1. The van der Waals surface area contributed by atoms with Gasteiger partial charge in [0, 0.05) is 29.6 Å². The van der Waals surface area contributed by atoms with Crippen molar-refractivity contribution < 1.29 is 19.4 Å². The number of hydrogen-bond acceptors (Lipinski definition) is 7. The lowest BCUT2D eigenvalue weighted by molar-refractivity contribution is -0.121. The SMILES string of the molecule is Cc1cc(-c2[nH]c(N)nc2-c2ccc3c(c2)N(CCOCCO)C(=O)CO3)ccn1. The summed E-state index contributed by atoms with van der Waals surface area (Å²) in [6.45, 7) is 2.73. The number of carbonyl (C=O) groups excluding carboxylic acids is 1. The monoisotopic (exact) mass is 409 g/mol. The van der Waals surface area contributed by atoms with Gasteiger partial charge in [-0.15, -0.1) is 0 Å². The Hall–Kier alpha value is -3.43. The molecule has 1 aromatic carbocycles. The fourth-order valence-electron chi connectivity index (χ4n) is 3.43. The molecule has 0 fully saturated rings. The van der Waals surface area contributed by atoms with Crippen LogP contribution in [0, 0.1) is 6.92 Å². The van der Waals surface area contributed by atoms with Crippen LogP contribution in [0.2, 0.25) is 0 Å². The number of nitrogens with zero attached hydrogens (tertiary/aromatic N) is 3. The number of pyridine rings is 1. The van der Waals surface area contributed by atoms with Crippen molar-refractivity contribution in [2.45, 2.75) is 6.92 Å². The molecule has 4 N–H and O–H groups in total. The molecule has 2 aromatic heterocycles. The van der Waals surface area contributed by atoms with E-state index in [1.54, 1.807) is 11.1 Å². The summed E-state index contributed by atoms with van der Waals surface area (Å²) in [6, 6.07) is 9.42. The summed E-state index contributed by atoms with van der Waals surface area (Å²) >= 11 is 0. The van der Waals surface area contributed by atoms with Gasteiger partial charge in [0.1, 0.15) is 5.75 Å². The van der Waals surface area contributed by atoms with Crippen LogP contribution in [0.5, 0.6) is 5.75 Å². The first kappa shape index (κ1) is 19.9. The Morgan fingerprint density at radius 1 is 1.27 bits per heavy atom. The number of aryl methyl sites for hydroxylation is 1. The van der Waals surface area contributed by atoms with Crippen LogP contribution < -0.4 is 15.4 Å². The maximum Gasteiger partial charge on any atom is 0.265 e. The van der Waals surface area contributed by atoms with E-state index >= 15 is 0 Å². The smallest absolute Gasteiger partial charge is 0.265 e. The van der Waals surface area contributed by atoms with E-state index in [9.17, 15) is 4.79 Å². The number of aromatic nitrogens is 3. The van der Waals surface area contributed by atoms with Gasteiger partial charge in [0.2, 0.25) is 0 Å². The predicted molar refractivity (Wildman–Crippen MR) is 112 cm³/mol. The maximum absolute atomic E-state index is 12.4. The van der Waals surface area contributed by atoms with Gasteiger partial charge in [0.15, 0.2) is 12.6 Å². The predicted octanol–water partition coefficient (Wildman–Crippen LogP) is 1.76. The summed E-state index contributed by atoms with van der Waals surface area (Å²) in [5, 5.41) is 8.86. The third kappa shape index (κ3) is 3.98. The Bertz CT molecular complexity index is 1070. The first-order valence-corrected chi connectivity index (χ1v) is 9.61. The lowest BCUT2D eigenvalue weighted by Crippen LogP contribution is -2.40. The molecule has 0 saturated heterocycles. The van der Waals surface area contributed by atoms with Crippen LogP contribution >= 0.6 is 0 Å². The summed E-state index contributed by atoms with van der Waals surface area (Å²) in [5.41, 5.74) is 10.7. The molecule has 1 amide bonds. The van der Waals surface area contributed by atoms with Crippen molar-refractivity contribution in [1.82, 2.24) is 15.0 Å². The number of fused-ring (bicyclic) bond motifs is 1. The maximum atomic E-state index is 12.4. The van der Waals surface area contributed by atoms with Gasteiger partial charge in [-0.2, -0.15) is 0 Å². The average Bonchev–Trinajstić information content (AvgIpc) is 3.14.